The molecule has 5 rings (SSSR count). The van der Waals surface area contributed by atoms with Gasteiger partial charge in [-0.25, -0.2) is 9.69 Å². The Hall–Kier alpha value is -3.00. The summed E-state index contributed by atoms with van der Waals surface area (Å²) in [5.74, 6) is -0.243. The van der Waals surface area contributed by atoms with Crippen molar-refractivity contribution in [3.05, 3.63) is 46.5 Å². The van der Waals surface area contributed by atoms with Gasteiger partial charge in [-0.15, -0.1) is 0 Å². The number of imide groups is 1. The number of nitro groups is 1. The quantitative estimate of drug-likeness (QED) is 0.468. The zero-order valence-electron chi connectivity index (χ0n) is 14.0. The molecule has 3 aliphatic rings. The van der Waals surface area contributed by atoms with Gasteiger partial charge < -0.3 is 4.90 Å². The molecule has 2 aromatic rings. The van der Waals surface area contributed by atoms with Gasteiger partial charge in [0.25, 0.3) is 11.6 Å². The van der Waals surface area contributed by atoms with E-state index in [1.165, 1.54) is 17.0 Å². The lowest BCUT2D eigenvalue weighted by molar-refractivity contribution is -0.383. The van der Waals surface area contributed by atoms with Crippen molar-refractivity contribution in [1.29, 1.82) is 0 Å². The Labute approximate surface area is 148 Å². The molecule has 3 atom stereocenters. The average molecular weight is 352 g/mol. The van der Waals surface area contributed by atoms with Crippen LogP contribution in [0.3, 0.4) is 0 Å². The van der Waals surface area contributed by atoms with Crippen LogP contribution in [0.1, 0.15) is 6.42 Å². The number of carbonyl (C=O) groups excluding carboxylic acids is 2. The number of non-ortho nitro benzene ring substituents is 1. The number of likely N-dealkylation sites (N-methyl/N-ethyl adjacent to an activating group) is 1. The van der Waals surface area contributed by atoms with Crippen molar-refractivity contribution in [3.63, 3.8) is 0 Å². The number of carbonyl (C=O) groups is 2. The molecule has 2 bridgehead atoms. The normalized spacial score (nSPS) is 27.7. The monoisotopic (exact) mass is 352 g/mol. The summed E-state index contributed by atoms with van der Waals surface area (Å²) in [6.07, 6.45) is 0.827. The van der Waals surface area contributed by atoms with Crippen LogP contribution in [0.15, 0.2) is 36.4 Å². The average Bonchev–Trinajstić information content (AvgIpc) is 3.25. The summed E-state index contributed by atoms with van der Waals surface area (Å²) in [4.78, 5) is 42.0. The largest absolute Gasteiger partial charge is 0.332 e. The first-order valence-corrected chi connectivity index (χ1v) is 8.51. The summed E-state index contributed by atoms with van der Waals surface area (Å²) in [5, 5.41) is 12.3. The number of anilines is 1. The molecule has 26 heavy (non-hydrogen) atoms. The van der Waals surface area contributed by atoms with E-state index < -0.39 is 11.0 Å². The van der Waals surface area contributed by atoms with Gasteiger partial charge in [0.15, 0.2) is 0 Å². The number of piperazine rings is 1. The molecule has 8 nitrogen and oxygen atoms in total. The maximum atomic E-state index is 13.1. The molecule has 2 aromatic carbocycles. The molecule has 0 saturated carbocycles. The van der Waals surface area contributed by atoms with Crippen molar-refractivity contribution in [2.24, 2.45) is 0 Å². The minimum Gasteiger partial charge on any atom is -0.306 e. The minimum absolute atomic E-state index is 0.0382. The van der Waals surface area contributed by atoms with Gasteiger partial charge in [0.2, 0.25) is 0 Å². The maximum absolute atomic E-state index is 13.1. The van der Waals surface area contributed by atoms with Gasteiger partial charge in [-0.3, -0.25) is 19.8 Å². The van der Waals surface area contributed by atoms with Crippen LogP contribution in [0.4, 0.5) is 16.2 Å². The van der Waals surface area contributed by atoms with E-state index in [4.69, 9.17) is 0 Å². The van der Waals surface area contributed by atoms with E-state index in [9.17, 15) is 19.7 Å². The van der Waals surface area contributed by atoms with Crippen LogP contribution >= 0.6 is 0 Å². The van der Waals surface area contributed by atoms with Gasteiger partial charge in [-0.05, 0) is 25.6 Å². The van der Waals surface area contributed by atoms with Crippen LogP contribution in [0.2, 0.25) is 0 Å². The molecule has 8 heteroatoms. The Morgan fingerprint density at radius 3 is 2.58 bits per heavy atom. The number of fused-ring (bicyclic) bond motifs is 6. The molecule has 3 fully saturated rings. The van der Waals surface area contributed by atoms with Gasteiger partial charge in [-0.2, -0.15) is 0 Å². The first-order chi connectivity index (χ1) is 12.5. The minimum atomic E-state index is -0.458. The lowest BCUT2D eigenvalue weighted by Gasteiger charge is -2.32. The zero-order valence-corrected chi connectivity index (χ0v) is 14.0. The summed E-state index contributed by atoms with van der Waals surface area (Å²) < 4.78 is 0. The van der Waals surface area contributed by atoms with Gasteiger partial charge in [0.05, 0.1) is 16.0 Å². The molecule has 3 amide bonds. The van der Waals surface area contributed by atoms with E-state index in [0.717, 1.165) is 13.0 Å². The van der Waals surface area contributed by atoms with Crippen molar-refractivity contribution in [2.45, 2.75) is 24.5 Å². The highest BCUT2D eigenvalue weighted by atomic mass is 16.6. The van der Waals surface area contributed by atoms with Crippen LogP contribution in [-0.4, -0.2) is 58.4 Å². The number of likely N-dealkylation sites (tertiary alicyclic amines) is 1. The Balaban J connectivity index is 1.66. The molecule has 0 spiro atoms. The maximum Gasteiger partial charge on any atom is 0.332 e. The smallest absolute Gasteiger partial charge is 0.306 e. The molecule has 0 aromatic heterocycles. The SMILES string of the molecule is CN1CC2CC1C1C(=O)N(c3ccc([N+](=O)[O-])c4ccccc34)C(=O)N21. The summed E-state index contributed by atoms with van der Waals surface area (Å²) >= 11 is 0. The topological polar surface area (TPSA) is 87.0 Å². The number of amides is 3. The lowest BCUT2D eigenvalue weighted by Crippen LogP contribution is -2.51. The summed E-state index contributed by atoms with van der Waals surface area (Å²) in [6, 6.07) is 9.00. The second kappa shape index (κ2) is 5.01. The highest BCUT2D eigenvalue weighted by Crippen LogP contribution is 2.43. The summed E-state index contributed by atoms with van der Waals surface area (Å²) in [6.45, 7) is 0.773. The predicted octanol–water partition coefficient (Wildman–Crippen LogP) is 1.97. The van der Waals surface area contributed by atoms with Crippen LogP contribution in [0, 0.1) is 10.1 Å². The molecule has 3 heterocycles. The Kier molecular flexibility index (Phi) is 2.94. The number of rotatable bonds is 2. The fraction of sp³-hybridized carbons (Fsp3) is 0.333. The Morgan fingerprint density at radius 1 is 1.12 bits per heavy atom. The van der Waals surface area contributed by atoms with Crippen molar-refractivity contribution >= 4 is 34.1 Å². The Morgan fingerprint density at radius 2 is 1.85 bits per heavy atom. The number of hydrogen-bond donors (Lipinski definition) is 0. The molecule has 0 radical (unpaired) electrons. The number of nitro benzene ring substituents is 1. The standard InChI is InChI=1S/C18H16N4O4/c1-19-9-10-8-15(19)16-17(23)21(18(24)20(10)16)13-6-7-14(22(25)26)12-5-3-2-4-11(12)13/h2-7,10,15-16H,8-9H2,1H3. The third-order valence-corrected chi connectivity index (χ3v) is 5.84. The van der Waals surface area contributed by atoms with Gasteiger partial charge >= 0.3 is 6.03 Å². The number of urea groups is 1. The van der Waals surface area contributed by atoms with Crippen LogP contribution in [0.25, 0.3) is 10.8 Å². The fourth-order valence-corrected chi connectivity index (χ4v) is 4.73. The third kappa shape index (κ3) is 1.76. The van der Waals surface area contributed by atoms with E-state index >= 15 is 0 Å². The second-order valence-corrected chi connectivity index (χ2v) is 7.11. The first-order valence-electron chi connectivity index (χ1n) is 8.51. The van der Waals surface area contributed by atoms with Crippen LogP contribution in [-0.2, 0) is 4.79 Å². The van der Waals surface area contributed by atoms with E-state index in [-0.39, 0.29) is 29.7 Å². The van der Waals surface area contributed by atoms with E-state index in [2.05, 4.69) is 4.90 Å². The summed E-state index contributed by atoms with van der Waals surface area (Å²) in [5.41, 5.74) is 0.376. The molecule has 132 valence electrons. The Bertz CT molecular complexity index is 990. The lowest BCUT2D eigenvalue weighted by atomic mass is 10.0. The number of hydrogen-bond acceptors (Lipinski definition) is 5. The third-order valence-electron chi connectivity index (χ3n) is 5.84. The van der Waals surface area contributed by atoms with Crippen LogP contribution < -0.4 is 4.90 Å². The number of benzene rings is 2. The summed E-state index contributed by atoms with van der Waals surface area (Å²) in [7, 11) is 1.98. The number of nitrogens with zero attached hydrogens (tertiary/aromatic N) is 4. The second-order valence-electron chi connectivity index (χ2n) is 7.11. The van der Waals surface area contributed by atoms with Crippen molar-refractivity contribution in [1.82, 2.24) is 9.80 Å². The van der Waals surface area contributed by atoms with E-state index in [0.29, 0.717) is 16.5 Å². The molecule has 0 N–H and O–H groups in total. The molecular weight excluding hydrogens is 336 g/mol. The molecular formula is C18H16N4O4. The van der Waals surface area contributed by atoms with Gasteiger partial charge in [0.1, 0.15) is 6.04 Å². The van der Waals surface area contributed by atoms with Crippen molar-refractivity contribution in [2.75, 3.05) is 18.5 Å². The first kappa shape index (κ1) is 15.3. The molecule has 0 aliphatic carbocycles. The molecule has 3 aliphatic heterocycles. The van der Waals surface area contributed by atoms with E-state index in [1.807, 2.05) is 7.05 Å². The van der Waals surface area contributed by atoms with Crippen LogP contribution in [0.5, 0.6) is 0 Å². The molecule has 3 unspecified atom stereocenters. The highest BCUT2D eigenvalue weighted by Gasteiger charge is 2.61. The molecule has 3 saturated heterocycles. The van der Waals surface area contributed by atoms with Crippen molar-refractivity contribution < 1.29 is 14.5 Å². The fourth-order valence-electron chi connectivity index (χ4n) is 4.73. The zero-order chi connectivity index (χ0) is 18.2. The van der Waals surface area contributed by atoms with Gasteiger partial charge in [-0.1, -0.05) is 18.2 Å². The van der Waals surface area contributed by atoms with Gasteiger partial charge in [0, 0.05) is 30.1 Å². The predicted molar refractivity (Wildman–Crippen MR) is 93.9 cm³/mol. The van der Waals surface area contributed by atoms with E-state index in [1.54, 1.807) is 29.2 Å². The van der Waals surface area contributed by atoms with Crippen molar-refractivity contribution in [3.8, 4) is 0 Å². The highest BCUT2D eigenvalue weighted by molar-refractivity contribution is 6.25.